The molecule has 0 saturated heterocycles. The van der Waals surface area contributed by atoms with Gasteiger partial charge < -0.3 is 9.15 Å². The largest absolute Gasteiger partial charge is 0.487 e. The molecule has 0 bridgehead atoms. The number of pyridine rings is 1. The van der Waals surface area contributed by atoms with Crippen molar-refractivity contribution in [3.63, 3.8) is 0 Å². The number of nitrogens with zero attached hydrogens (tertiary/aromatic N) is 2. The maximum Gasteiger partial charge on any atom is 0.153 e. The lowest BCUT2D eigenvalue weighted by molar-refractivity contribution is 0.176. The van der Waals surface area contributed by atoms with E-state index < -0.39 is 0 Å². The van der Waals surface area contributed by atoms with Gasteiger partial charge >= 0.3 is 0 Å². The van der Waals surface area contributed by atoms with E-state index in [4.69, 9.17) is 9.15 Å². The van der Waals surface area contributed by atoms with Crippen molar-refractivity contribution in [3.8, 4) is 11.1 Å². The van der Waals surface area contributed by atoms with E-state index in [9.17, 15) is 0 Å². The summed E-state index contributed by atoms with van der Waals surface area (Å²) < 4.78 is 12.1. The Hall–Kier alpha value is -3.92. The number of fused-ring (bicyclic) bond motifs is 5. The van der Waals surface area contributed by atoms with Gasteiger partial charge in [-0.2, -0.15) is 0 Å². The van der Waals surface area contributed by atoms with Crippen molar-refractivity contribution < 1.29 is 9.15 Å². The summed E-state index contributed by atoms with van der Waals surface area (Å²) in [6.45, 7) is 0. The highest BCUT2D eigenvalue weighted by molar-refractivity contribution is 6.10. The third-order valence-electron chi connectivity index (χ3n) is 6.57. The summed E-state index contributed by atoms with van der Waals surface area (Å²) in [6, 6.07) is 19.0. The molecule has 1 unspecified atom stereocenters. The Morgan fingerprint density at radius 1 is 0.875 bits per heavy atom. The van der Waals surface area contributed by atoms with Crippen LogP contribution in [0.25, 0.3) is 38.8 Å². The van der Waals surface area contributed by atoms with Gasteiger partial charge in [0.2, 0.25) is 0 Å². The van der Waals surface area contributed by atoms with E-state index in [-0.39, 0.29) is 6.10 Å². The molecule has 2 aromatic heterocycles. The number of hydrogen-bond donors (Lipinski definition) is 0. The Bertz CT molecular complexity index is 1530. The average molecular weight is 416 g/mol. The Kier molecular flexibility index (Phi) is 3.76. The van der Waals surface area contributed by atoms with Gasteiger partial charge in [-0.15, -0.1) is 0 Å². The molecule has 0 fully saturated rings. The van der Waals surface area contributed by atoms with E-state index in [0.29, 0.717) is 0 Å². The quantitative estimate of drug-likeness (QED) is 0.359. The van der Waals surface area contributed by atoms with E-state index in [1.165, 1.54) is 22.3 Å². The lowest BCUT2D eigenvalue weighted by atomic mass is 9.89. The highest BCUT2D eigenvalue weighted by atomic mass is 16.5. The molecule has 4 aromatic rings. The standard InChI is InChI=1S/C28H20N2O2/c1-4-17(19-8-10-23-21(15-19)27-25(31-23)6-2-12-29-27)14-18(5-1)20-9-11-24-22(16-20)28-26(32-24)7-3-13-30-28/h1-6,8,10,12-16,26H,7,9,11H2. The average Bonchev–Trinajstić information content (AvgIpc) is 3.41. The van der Waals surface area contributed by atoms with Crippen LogP contribution in [0.5, 0.6) is 0 Å². The SMILES string of the molecule is C1=CN=C2C3=C(CCC(c4cccc(-c5ccc6oc7cccnc7c6c5)c4)=C3)OC2C1. The molecule has 32 heavy (non-hydrogen) atoms. The van der Waals surface area contributed by atoms with E-state index in [1.807, 2.05) is 30.6 Å². The summed E-state index contributed by atoms with van der Waals surface area (Å²) >= 11 is 0. The first kappa shape index (κ1) is 17.7. The molecular formula is C28H20N2O2. The van der Waals surface area contributed by atoms with Gasteiger partial charge in [-0.05, 0) is 65.1 Å². The number of aliphatic imine (C=N–C) groups is 1. The van der Waals surface area contributed by atoms with Gasteiger partial charge in [-0.1, -0.05) is 30.3 Å². The van der Waals surface area contributed by atoms with Crippen LogP contribution in [0.4, 0.5) is 0 Å². The summed E-state index contributed by atoms with van der Waals surface area (Å²) in [6.07, 6.45) is 11.0. The Morgan fingerprint density at radius 3 is 2.81 bits per heavy atom. The van der Waals surface area contributed by atoms with Gasteiger partial charge in [0.1, 0.15) is 23.0 Å². The lowest BCUT2D eigenvalue weighted by Gasteiger charge is -2.15. The fourth-order valence-corrected chi connectivity index (χ4v) is 4.98. The summed E-state index contributed by atoms with van der Waals surface area (Å²) in [5.74, 6) is 1.10. The third kappa shape index (κ3) is 2.69. The number of rotatable bonds is 2. The van der Waals surface area contributed by atoms with Gasteiger partial charge in [0.15, 0.2) is 5.58 Å². The molecule has 7 rings (SSSR count). The van der Waals surface area contributed by atoms with Crippen molar-refractivity contribution >= 4 is 33.4 Å². The van der Waals surface area contributed by atoms with Crippen LogP contribution in [-0.2, 0) is 4.74 Å². The molecule has 4 nitrogen and oxygen atoms in total. The Labute approximate surface area is 185 Å². The zero-order valence-corrected chi connectivity index (χ0v) is 17.4. The summed E-state index contributed by atoms with van der Waals surface area (Å²) in [7, 11) is 0. The van der Waals surface area contributed by atoms with Crippen LogP contribution >= 0.6 is 0 Å². The first-order valence-electron chi connectivity index (χ1n) is 11.0. The number of furan rings is 1. The molecule has 2 aliphatic heterocycles. The van der Waals surface area contributed by atoms with Crippen LogP contribution < -0.4 is 0 Å². The molecule has 3 aliphatic rings. The van der Waals surface area contributed by atoms with Crippen molar-refractivity contribution in [2.75, 3.05) is 0 Å². The van der Waals surface area contributed by atoms with E-state index >= 15 is 0 Å². The van der Waals surface area contributed by atoms with Gasteiger partial charge in [0, 0.05) is 36.2 Å². The van der Waals surface area contributed by atoms with Crippen LogP contribution in [0.1, 0.15) is 24.8 Å². The van der Waals surface area contributed by atoms with Gasteiger partial charge in [0.25, 0.3) is 0 Å². The van der Waals surface area contributed by atoms with Crippen molar-refractivity contribution in [3.05, 3.63) is 96.0 Å². The second kappa shape index (κ2) is 6.79. The second-order valence-electron chi connectivity index (χ2n) is 8.49. The number of ether oxygens (including phenoxy) is 1. The number of benzene rings is 2. The Balaban J connectivity index is 1.29. The molecular weight excluding hydrogens is 396 g/mol. The number of aromatic nitrogens is 1. The summed E-state index contributed by atoms with van der Waals surface area (Å²) in [5, 5.41) is 1.05. The first-order chi connectivity index (χ1) is 15.8. The van der Waals surface area contributed by atoms with Crippen LogP contribution in [0, 0.1) is 0 Å². The van der Waals surface area contributed by atoms with Gasteiger partial charge in [0.05, 0.1) is 5.71 Å². The minimum atomic E-state index is 0.0945. The molecule has 0 spiro atoms. The molecule has 154 valence electrons. The molecule has 0 N–H and O–H groups in total. The number of allylic oxidation sites excluding steroid dienone is 3. The van der Waals surface area contributed by atoms with E-state index in [1.54, 1.807) is 0 Å². The molecule has 0 amide bonds. The van der Waals surface area contributed by atoms with E-state index in [2.05, 4.69) is 58.5 Å². The third-order valence-corrected chi connectivity index (χ3v) is 6.57. The van der Waals surface area contributed by atoms with Crippen LogP contribution in [-0.4, -0.2) is 16.8 Å². The van der Waals surface area contributed by atoms with Gasteiger partial charge in [-0.25, -0.2) is 0 Å². The fraction of sp³-hybridized carbons (Fsp3) is 0.143. The first-order valence-corrected chi connectivity index (χ1v) is 11.0. The zero-order valence-electron chi connectivity index (χ0n) is 17.4. The summed E-state index contributed by atoms with van der Waals surface area (Å²) in [5.41, 5.74) is 9.80. The molecule has 4 heteroatoms. The van der Waals surface area contributed by atoms with E-state index in [0.717, 1.165) is 58.4 Å². The topological polar surface area (TPSA) is 47.6 Å². The van der Waals surface area contributed by atoms with Crippen LogP contribution in [0.15, 0.2) is 99.9 Å². The van der Waals surface area contributed by atoms with Crippen LogP contribution in [0.2, 0.25) is 0 Å². The highest BCUT2D eigenvalue weighted by Crippen LogP contribution is 2.39. The van der Waals surface area contributed by atoms with Crippen molar-refractivity contribution in [1.29, 1.82) is 0 Å². The molecule has 0 radical (unpaired) electrons. The molecule has 1 aliphatic carbocycles. The van der Waals surface area contributed by atoms with Gasteiger partial charge in [-0.3, -0.25) is 9.98 Å². The van der Waals surface area contributed by atoms with Crippen LogP contribution in [0.3, 0.4) is 0 Å². The van der Waals surface area contributed by atoms with Crippen molar-refractivity contribution in [2.45, 2.75) is 25.4 Å². The second-order valence-corrected chi connectivity index (χ2v) is 8.49. The minimum absolute atomic E-state index is 0.0945. The predicted octanol–water partition coefficient (Wildman–Crippen LogP) is 6.84. The molecule has 1 atom stereocenters. The normalized spacial score (nSPS) is 19.6. The Morgan fingerprint density at radius 2 is 1.81 bits per heavy atom. The minimum Gasteiger partial charge on any atom is -0.487 e. The van der Waals surface area contributed by atoms with Crippen molar-refractivity contribution in [1.82, 2.24) is 4.98 Å². The highest BCUT2D eigenvalue weighted by Gasteiger charge is 2.34. The summed E-state index contributed by atoms with van der Waals surface area (Å²) in [4.78, 5) is 9.13. The monoisotopic (exact) mass is 416 g/mol. The maximum absolute atomic E-state index is 6.15. The molecule has 2 aromatic carbocycles. The zero-order chi connectivity index (χ0) is 21.1. The predicted molar refractivity (Wildman–Crippen MR) is 127 cm³/mol. The number of hydrogen-bond acceptors (Lipinski definition) is 4. The van der Waals surface area contributed by atoms with Crippen molar-refractivity contribution in [2.24, 2.45) is 4.99 Å². The maximum atomic E-state index is 6.15. The molecule has 0 saturated carbocycles. The lowest BCUT2D eigenvalue weighted by Crippen LogP contribution is -2.19. The fourth-order valence-electron chi connectivity index (χ4n) is 4.98. The smallest absolute Gasteiger partial charge is 0.153 e. The molecule has 4 heterocycles.